The zero-order chi connectivity index (χ0) is 16.3. The molecule has 2 amide bonds. The number of ether oxygens (including phenoxy) is 1. The molecule has 0 saturated carbocycles. The monoisotopic (exact) mass is 318 g/mol. The highest BCUT2D eigenvalue weighted by atomic mass is 19.3. The predicted octanol–water partition coefficient (Wildman–Crippen LogP) is 0.374. The molecule has 0 unspecified atom stereocenters. The molecule has 1 aliphatic rings. The highest BCUT2D eigenvalue weighted by molar-refractivity contribution is 5.89. The van der Waals surface area contributed by atoms with Gasteiger partial charge in [0.25, 0.3) is 17.7 Å². The van der Waals surface area contributed by atoms with Crippen molar-refractivity contribution in [3.05, 3.63) is 11.7 Å². The molecule has 22 heavy (non-hydrogen) atoms. The number of likely N-dealkylation sites (tertiary alicyclic amines) is 1. The van der Waals surface area contributed by atoms with Crippen molar-refractivity contribution in [2.24, 2.45) is 0 Å². The second kappa shape index (κ2) is 6.34. The second-order valence-electron chi connectivity index (χ2n) is 4.88. The summed E-state index contributed by atoms with van der Waals surface area (Å²) in [6.45, 7) is -0.598. The van der Waals surface area contributed by atoms with E-state index in [0.29, 0.717) is 0 Å². The predicted molar refractivity (Wildman–Crippen MR) is 68.2 cm³/mol. The first kappa shape index (κ1) is 16.3. The van der Waals surface area contributed by atoms with E-state index in [0.717, 1.165) is 4.90 Å². The highest BCUT2D eigenvalue weighted by Crippen LogP contribution is 2.40. The summed E-state index contributed by atoms with van der Waals surface area (Å²) in [6.07, 6.45) is -0.652. The molecule has 1 saturated heterocycles. The fourth-order valence-electron chi connectivity index (χ4n) is 2.21. The molecule has 1 fully saturated rings. The largest absolute Gasteiger partial charge is 0.384 e. The number of halogens is 2. The van der Waals surface area contributed by atoms with Crippen LogP contribution in [0.4, 0.5) is 8.78 Å². The number of methoxy groups -OCH3 is 1. The average Bonchev–Trinajstić information content (AvgIpc) is 3.08. The van der Waals surface area contributed by atoms with Crippen molar-refractivity contribution in [3.8, 4) is 0 Å². The van der Waals surface area contributed by atoms with Crippen molar-refractivity contribution >= 4 is 11.8 Å². The molecule has 1 atom stereocenters. The summed E-state index contributed by atoms with van der Waals surface area (Å²) in [6, 6.07) is -1.05. The van der Waals surface area contributed by atoms with Gasteiger partial charge < -0.3 is 19.5 Å². The number of alkyl halides is 2. The number of aromatic nitrogens is 2. The molecule has 0 aromatic carbocycles. The van der Waals surface area contributed by atoms with Crippen LogP contribution in [0.25, 0.3) is 0 Å². The lowest BCUT2D eigenvalue weighted by Gasteiger charge is -2.20. The van der Waals surface area contributed by atoms with Crippen LogP contribution < -0.4 is 5.32 Å². The highest BCUT2D eigenvalue weighted by Gasteiger charge is 2.49. The van der Waals surface area contributed by atoms with E-state index in [9.17, 15) is 18.4 Å². The van der Waals surface area contributed by atoms with Gasteiger partial charge in [-0.3, -0.25) is 9.59 Å². The van der Waals surface area contributed by atoms with Crippen LogP contribution in [0.15, 0.2) is 4.52 Å². The van der Waals surface area contributed by atoms with Crippen molar-refractivity contribution in [2.75, 3.05) is 27.3 Å². The minimum absolute atomic E-state index is 0.0283. The third-order valence-corrected chi connectivity index (χ3v) is 3.27. The molecule has 0 radical (unpaired) electrons. The number of hydrogen-bond donors (Lipinski definition) is 1. The summed E-state index contributed by atoms with van der Waals surface area (Å²) in [4.78, 5) is 28.2. The van der Waals surface area contributed by atoms with Gasteiger partial charge in [-0.05, 0) is 0 Å². The SMILES string of the molecule is CNC(=O)c1noc([C@@H]2CC(F)(F)CN2C(=O)CCOC)n1. The van der Waals surface area contributed by atoms with Gasteiger partial charge in [-0.15, -0.1) is 0 Å². The van der Waals surface area contributed by atoms with Gasteiger partial charge >= 0.3 is 0 Å². The fraction of sp³-hybridized carbons (Fsp3) is 0.667. The Balaban J connectivity index is 2.20. The number of hydrogen-bond acceptors (Lipinski definition) is 6. The number of carbonyl (C=O) groups excluding carboxylic acids is 2. The van der Waals surface area contributed by atoms with Crippen LogP contribution in [-0.2, 0) is 9.53 Å². The number of nitrogens with zero attached hydrogens (tertiary/aromatic N) is 3. The van der Waals surface area contributed by atoms with Crippen LogP contribution in [0.2, 0.25) is 0 Å². The third-order valence-electron chi connectivity index (χ3n) is 3.27. The molecule has 122 valence electrons. The van der Waals surface area contributed by atoms with Crippen molar-refractivity contribution in [1.82, 2.24) is 20.4 Å². The van der Waals surface area contributed by atoms with E-state index in [-0.39, 0.29) is 24.7 Å². The molecule has 0 bridgehead atoms. The lowest BCUT2D eigenvalue weighted by Crippen LogP contribution is -2.33. The number of amides is 2. The summed E-state index contributed by atoms with van der Waals surface area (Å²) in [5, 5.41) is 5.72. The van der Waals surface area contributed by atoms with E-state index in [4.69, 9.17) is 9.26 Å². The van der Waals surface area contributed by atoms with Crippen molar-refractivity contribution in [2.45, 2.75) is 24.8 Å². The van der Waals surface area contributed by atoms with Gasteiger partial charge in [-0.1, -0.05) is 5.16 Å². The van der Waals surface area contributed by atoms with Gasteiger partial charge in [0.05, 0.1) is 19.6 Å². The molecule has 10 heteroatoms. The zero-order valence-electron chi connectivity index (χ0n) is 12.1. The van der Waals surface area contributed by atoms with Crippen LogP contribution in [-0.4, -0.2) is 60.1 Å². The first-order chi connectivity index (χ1) is 10.4. The van der Waals surface area contributed by atoms with Gasteiger partial charge in [0.2, 0.25) is 11.8 Å². The fourth-order valence-corrected chi connectivity index (χ4v) is 2.21. The van der Waals surface area contributed by atoms with Gasteiger partial charge in [0.15, 0.2) is 0 Å². The Bertz CT molecular complexity index is 563. The van der Waals surface area contributed by atoms with Crippen LogP contribution >= 0.6 is 0 Å². The van der Waals surface area contributed by atoms with E-state index >= 15 is 0 Å². The maximum atomic E-state index is 13.7. The van der Waals surface area contributed by atoms with E-state index < -0.39 is 36.7 Å². The lowest BCUT2D eigenvalue weighted by molar-refractivity contribution is -0.134. The van der Waals surface area contributed by atoms with E-state index in [2.05, 4.69) is 15.5 Å². The van der Waals surface area contributed by atoms with Crippen LogP contribution in [0.3, 0.4) is 0 Å². The van der Waals surface area contributed by atoms with Crippen molar-refractivity contribution in [3.63, 3.8) is 0 Å². The Morgan fingerprint density at radius 1 is 1.55 bits per heavy atom. The Hall–Kier alpha value is -2.10. The van der Waals surface area contributed by atoms with E-state index in [1.165, 1.54) is 14.2 Å². The van der Waals surface area contributed by atoms with Gasteiger partial charge in [0.1, 0.15) is 6.04 Å². The van der Waals surface area contributed by atoms with Crippen LogP contribution in [0, 0.1) is 0 Å². The maximum Gasteiger partial charge on any atom is 0.292 e. The molecule has 1 N–H and O–H groups in total. The van der Waals surface area contributed by atoms with Crippen LogP contribution in [0.1, 0.15) is 35.4 Å². The zero-order valence-corrected chi connectivity index (χ0v) is 12.1. The Kier molecular flexibility index (Phi) is 4.69. The minimum Gasteiger partial charge on any atom is -0.384 e. The molecule has 2 heterocycles. The Morgan fingerprint density at radius 3 is 2.91 bits per heavy atom. The van der Waals surface area contributed by atoms with E-state index in [1.807, 2.05) is 0 Å². The Morgan fingerprint density at radius 2 is 2.27 bits per heavy atom. The standard InChI is InChI=1S/C12H16F2N4O4/c1-15-10(20)9-16-11(22-17-9)7-5-12(13,14)6-18(7)8(19)3-4-21-2/h7H,3-6H2,1-2H3,(H,15,20)/t7-/m0/s1. The Labute approximate surface area is 124 Å². The normalized spacial score (nSPS) is 20.2. The van der Waals surface area contributed by atoms with Crippen LogP contribution in [0.5, 0.6) is 0 Å². The smallest absolute Gasteiger partial charge is 0.292 e. The quantitative estimate of drug-likeness (QED) is 0.842. The van der Waals surface area contributed by atoms with E-state index in [1.54, 1.807) is 0 Å². The summed E-state index contributed by atoms with van der Waals surface area (Å²) in [7, 11) is 2.79. The molecule has 2 rings (SSSR count). The molecular formula is C12H16F2N4O4. The van der Waals surface area contributed by atoms with Crippen molar-refractivity contribution in [1.29, 1.82) is 0 Å². The van der Waals surface area contributed by atoms with Gasteiger partial charge in [0, 0.05) is 20.6 Å². The molecule has 8 nitrogen and oxygen atoms in total. The molecular weight excluding hydrogens is 302 g/mol. The molecule has 1 aromatic heterocycles. The first-order valence-electron chi connectivity index (χ1n) is 6.60. The van der Waals surface area contributed by atoms with Gasteiger partial charge in [-0.25, -0.2) is 8.78 Å². The third kappa shape index (κ3) is 3.38. The van der Waals surface area contributed by atoms with Gasteiger partial charge in [-0.2, -0.15) is 4.98 Å². The lowest BCUT2D eigenvalue weighted by atomic mass is 10.2. The minimum atomic E-state index is -3.05. The summed E-state index contributed by atoms with van der Waals surface area (Å²) in [5.41, 5.74) is 0. The first-order valence-corrected chi connectivity index (χ1v) is 6.60. The second-order valence-corrected chi connectivity index (χ2v) is 4.88. The number of rotatable bonds is 5. The topological polar surface area (TPSA) is 97.6 Å². The number of nitrogens with one attached hydrogen (secondary N) is 1. The maximum absolute atomic E-state index is 13.7. The summed E-state index contributed by atoms with van der Waals surface area (Å²) >= 11 is 0. The average molecular weight is 318 g/mol. The molecule has 1 aromatic rings. The van der Waals surface area contributed by atoms with Crippen molar-refractivity contribution < 1.29 is 27.6 Å². The summed E-state index contributed by atoms with van der Waals surface area (Å²) in [5.74, 6) is -4.59. The number of carbonyl (C=O) groups is 2. The molecule has 0 aliphatic carbocycles. The summed E-state index contributed by atoms with van der Waals surface area (Å²) < 4.78 is 36.9. The molecule has 1 aliphatic heterocycles. The molecule has 0 spiro atoms.